The van der Waals surface area contributed by atoms with Crippen molar-refractivity contribution < 1.29 is 10.0 Å². The van der Waals surface area contributed by atoms with Gasteiger partial charge in [-0.1, -0.05) is 25.0 Å². The van der Waals surface area contributed by atoms with Crippen LogP contribution in [-0.2, 0) is 0 Å². The Hall–Kier alpha value is -1.46. The number of nitro groups is 1. The number of hydrogen-bond donors (Lipinski definition) is 2. The van der Waals surface area contributed by atoms with E-state index in [1.807, 2.05) is 0 Å². The lowest BCUT2D eigenvalue weighted by Gasteiger charge is -2.33. The van der Waals surface area contributed by atoms with Crippen molar-refractivity contribution >= 4 is 5.69 Å². The molecule has 0 amide bonds. The highest BCUT2D eigenvalue weighted by Crippen LogP contribution is 2.27. The van der Waals surface area contributed by atoms with E-state index in [-0.39, 0.29) is 23.3 Å². The van der Waals surface area contributed by atoms with Gasteiger partial charge in [0, 0.05) is 30.8 Å². The molecule has 1 aliphatic rings. The van der Waals surface area contributed by atoms with Crippen LogP contribution in [0.2, 0.25) is 0 Å². The number of hydrogen-bond acceptors (Lipinski definition) is 4. The van der Waals surface area contributed by atoms with Crippen molar-refractivity contribution in [2.45, 2.75) is 44.7 Å². The smallest absolute Gasteiger partial charge is 0.269 e. The number of aliphatic hydroxyl groups is 1. The topological polar surface area (TPSA) is 75.4 Å². The van der Waals surface area contributed by atoms with Crippen LogP contribution in [0.1, 0.15) is 44.2 Å². The van der Waals surface area contributed by atoms with E-state index in [0.29, 0.717) is 12.0 Å². The van der Waals surface area contributed by atoms with E-state index in [0.717, 1.165) is 18.4 Å². The van der Waals surface area contributed by atoms with E-state index < -0.39 is 0 Å². The predicted molar refractivity (Wildman–Crippen MR) is 77.5 cm³/mol. The van der Waals surface area contributed by atoms with Gasteiger partial charge in [0.15, 0.2) is 0 Å². The number of nitrogens with zero attached hydrogens (tertiary/aromatic N) is 1. The van der Waals surface area contributed by atoms with Gasteiger partial charge in [-0.05, 0) is 31.2 Å². The monoisotopic (exact) mass is 278 g/mol. The fraction of sp³-hybridized carbons (Fsp3) is 0.600. The van der Waals surface area contributed by atoms with Crippen molar-refractivity contribution in [2.24, 2.45) is 5.92 Å². The molecular formula is C15H22N2O3. The highest BCUT2D eigenvalue weighted by atomic mass is 16.6. The second-order valence-corrected chi connectivity index (χ2v) is 5.57. The summed E-state index contributed by atoms with van der Waals surface area (Å²) < 4.78 is 0. The summed E-state index contributed by atoms with van der Waals surface area (Å²) in [5.41, 5.74) is 1.16. The van der Waals surface area contributed by atoms with Gasteiger partial charge in [-0.2, -0.15) is 0 Å². The molecule has 0 aromatic heterocycles. The fourth-order valence-corrected chi connectivity index (χ4v) is 2.95. The summed E-state index contributed by atoms with van der Waals surface area (Å²) in [5, 5.41) is 23.6. The highest BCUT2D eigenvalue weighted by molar-refractivity contribution is 5.34. The summed E-state index contributed by atoms with van der Waals surface area (Å²) in [6.07, 6.45) is 4.54. The molecule has 0 saturated heterocycles. The van der Waals surface area contributed by atoms with E-state index in [2.05, 4.69) is 12.2 Å². The van der Waals surface area contributed by atoms with E-state index >= 15 is 0 Å². The molecule has 0 spiro atoms. The summed E-state index contributed by atoms with van der Waals surface area (Å²) >= 11 is 0. The van der Waals surface area contributed by atoms with Gasteiger partial charge in [-0.15, -0.1) is 0 Å². The highest BCUT2D eigenvalue weighted by Gasteiger charge is 2.25. The first kappa shape index (κ1) is 14.9. The third-order valence-corrected chi connectivity index (χ3v) is 4.21. The van der Waals surface area contributed by atoms with Crippen LogP contribution in [0.5, 0.6) is 0 Å². The van der Waals surface area contributed by atoms with Gasteiger partial charge in [0.25, 0.3) is 5.69 Å². The molecule has 1 aromatic carbocycles. The summed E-state index contributed by atoms with van der Waals surface area (Å²) in [5.74, 6) is 0.323. The Bertz CT molecular complexity index is 447. The quantitative estimate of drug-likeness (QED) is 0.641. The van der Waals surface area contributed by atoms with E-state index in [1.54, 1.807) is 12.1 Å². The molecule has 0 heterocycles. The van der Waals surface area contributed by atoms with Crippen molar-refractivity contribution in [3.05, 3.63) is 39.9 Å². The van der Waals surface area contributed by atoms with Crippen molar-refractivity contribution in [3.63, 3.8) is 0 Å². The Morgan fingerprint density at radius 2 is 2.00 bits per heavy atom. The minimum atomic E-state index is -0.384. The number of nitro benzene ring substituents is 1. The third kappa shape index (κ3) is 3.55. The molecule has 0 aliphatic heterocycles. The molecule has 1 aliphatic carbocycles. The molecule has 0 radical (unpaired) electrons. The zero-order chi connectivity index (χ0) is 14.5. The Balaban J connectivity index is 1.99. The maximum absolute atomic E-state index is 10.6. The maximum atomic E-state index is 10.6. The first-order valence-corrected chi connectivity index (χ1v) is 7.23. The van der Waals surface area contributed by atoms with Gasteiger partial charge >= 0.3 is 0 Å². The minimum absolute atomic E-state index is 0.117. The molecule has 5 nitrogen and oxygen atoms in total. The molecular weight excluding hydrogens is 256 g/mol. The summed E-state index contributed by atoms with van der Waals surface area (Å²) in [6.45, 7) is 2.29. The second-order valence-electron chi connectivity index (χ2n) is 5.57. The maximum Gasteiger partial charge on any atom is 0.269 e. The average Bonchev–Trinajstić information content (AvgIpc) is 2.48. The van der Waals surface area contributed by atoms with Crippen molar-refractivity contribution in [1.82, 2.24) is 5.32 Å². The molecule has 2 rings (SSSR count). The van der Waals surface area contributed by atoms with Crippen LogP contribution in [0.15, 0.2) is 24.3 Å². The largest absolute Gasteiger partial charge is 0.396 e. The Kier molecular flexibility index (Phi) is 5.09. The van der Waals surface area contributed by atoms with Crippen LogP contribution >= 0.6 is 0 Å². The zero-order valence-electron chi connectivity index (χ0n) is 11.8. The lowest BCUT2D eigenvalue weighted by Crippen LogP contribution is -2.41. The van der Waals surface area contributed by atoms with E-state index in [4.69, 9.17) is 0 Å². The van der Waals surface area contributed by atoms with Crippen molar-refractivity contribution in [1.29, 1.82) is 0 Å². The molecule has 20 heavy (non-hydrogen) atoms. The number of nitrogens with one attached hydrogen (secondary N) is 1. The lowest BCUT2D eigenvalue weighted by atomic mass is 9.84. The Morgan fingerprint density at radius 3 is 2.60 bits per heavy atom. The Morgan fingerprint density at radius 1 is 1.35 bits per heavy atom. The lowest BCUT2D eigenvalue weighted by molar-refractivity contribution is -0.384. The fourth-order valence-electron chi connectivity index (χ4n) is 2.95. The molecule has 110 valence electrons. The van der Waals surface area contributed by atoms with Gasteiger partial charge in [0.2, 0.25) is 0 Å². The molecule has 2 N–H and O–H groups in total. The van der Waals surface area contributed by atoms with Crippen molar-refractivity contribution in [2.75, 3.05) is 6.61 Å². The molecule has 3 unspecified atom stereocenters. The molecule has 1 aromatic rings. The summed E-state index contributed by atoms with van der Waals surface area (Å²) in [6, 6.07) is 7.14. The first-order chi connectivity index (χ1) is 9.61. The van der Waals surface area contributed by atoms with Crippen LogP contribution in [0.3, 0.4) is 0 Å². The van der Waals surface area contributed by atoms with Gasteiger partial charge in [0.1, 0.15) is 0 Å². The molecule has 3 atom stereocenters. The third-order valence-electron chi connectivity index (χ3n) is 4.21. The van der Waals surface area contributed by atoms with Gasteiger partial charge in [0.05, 0.1) is 4.92 Å². The molecule has 1 fully saturated rings. The number of rotatable bonds is 5. The number of benzene rings is 1. The van der Waals surface area contributed by atoms with Crippen LogP contribution in [-0.4, -0.2) is 22.7 Å². The first-order valence-electron chi connectivity index (χ1n) is 7.23. The minimum Gasteiger partial charge on any atom is -0.396 e. The Labute approximate surface area is 119 Å². The van der Waals surface area contributed by atoms with E-state index in [1.165, 1.54) is 25.0 Å². The van der Waals surface area contributed by atoms with Gasteiger partial charge < -0.3 is 10.4 Å². The van der Waals surface area contributed by atoms with Crippen LogP contribution in [0.4, 0.5) is 5.69 Å². The normalized spacial score (nSPS) is 24.3. The summed E-state index contributed by atoms with van der Waals surface area (Å²) in [7, 11) is 0. The number of aliphatic hydroxyl groups excluding tert-OH is 1. The average molecular weight is 278 g/mol. The predicted octanol–water partition coefficient (Wildman–Crippen LogP) is 2.80. The van der Waals surface area contributed by atoms with Gasteiger partial charge in [-0.3, -0.25) is 10.1 Å². The summed E-state index contributed by atoms with van der Waals surface area (Å²) in [4.78, 5) is 10.3. The second kappa shape index (κ2) is 6.81. The zero-order valence-corrected chi connectivity index (χ0v) is 11.8. The van der Waals surface area contributed by atoms with Crippen LogP contribution < -0.4 is 5.32 Å². The van der Waals surface area contributed by atoms with Crippen molar-refractivity contribution in [3.8, 4) is 0 Å². The molecule has 1 saturated carbocycles. The van der Waals surface area contributed by atoms with Gasteiger partial charge in [-0.25, -0.2) is 0 Å². The molecule has 5 heteroatoms. The van der Waals surface area contributed by atoms with E-state index in [9.17, 15) is 15.2 Å². The number of non-ortho nitro benzene ring substituents is 1. The molecule has 0 bridgehead atoms. The van der Waals surface area contributed by atoms with Crippen LogP contribution in [0.25, 0.3) is 0 Å². The standard InChI is InChI=1S/C15H22N2O3/c1-11(12-6-8-14(9-7-12)17(19)20)16-15-5-3-2-4-13(15)10-18/h6-9,11,13,15-16,18H,2-5,10H2,1H3. The van der Waals surface area contributed by atoms with Crippen LogP contribution in [0, 0.1) is 16.0 Å². The SMILES string of the molecule is CC(NC1CCCCC1CO)c1ccc([N+](=O)[O-])cc1.